The maximum absolute atomic E-state index is 11.7. The van der Waals surface area contributed by atoms with E-state index in [0.717, 1.165) is 0 Å². The lowest BCUT2D eigenvalue weighted by Gasteiger charge is -2.11. The summed E-state index contributed by atoms with van der Waals surface area (Å²) in [4.78, 5) is 22.4. The molecule has 1 amide bonds. The quantitative estimate of drug-likeness (QED) is 0.654. The van der Waals surface area contributed by atoms with Gasteiger partial charge in [-0.3, -0.25) is 10.1 Å². The molecular formula is C11H12N2O5. The standard InChI is InChI=1S/C11H12N2O5/c1-12-9(11(15)16)10(14)13-6-2-3-7-8(4-6)18-5-17-7/h2-4,9,12H,5H2,1H3,(H,13,14)(H,15,16). The van der Waals surface area contributed by atoms with Crippen molar-refractivity contribution in [3.05, 3.63) is 18.2 Å². The number of rotatable bonds is 4. The van der Waals surface area contributed by atoms with Crippen molar-refractivity contribution in [2.24, 2.45) is 0 Å². The van der Waals surface area contributed by atoms with E-state index in [4.69, 9.17) is 14.6 Å². The Kier molecular flexibility index (Phi) is 3.33. The molecule has 1 unspecified atom stereocenters. The molecule has 18 heavy (non-hydrogen) atoms. The van der Waals surface area contributed by atoms with Crippen molar-refractivity contribution in [1.82, 2.24) is 5.32 Å². The average molecular weight is 252 g/mol. The van der Waals surface area contributed by atoms with Crippen LogP contribution in [0.2, 0.25) is 0 Å². The Bertz CT molecular complexity index is 488. The van der Waals surface area contributed by atoms with Crippen molar-refractivity contribution >= 4 is 17.6 Å². The maximum atomic E-state index is 11.7. The highest BCUT2D eigenvalue weighted by Gasteiger charge is 2.24. The normalized spacial score (nSPS) is 14.1. The van der Waals surface area contributed by atoms with Gasteiger partial charge in [0.2, 0.25) is 6.79 Å². The van der Waals surface area contributed by atoms with Gasteiger partial charge in [0.05, 0.1) is 0 Å². The summed E-state index contributed by atoms with van der Waals surface area (Å²) in [5.74, 6) is -0.778. The topological polar surface area (TPSA) is 96.9 Å². The molecule has 1 aliphatic heterocycles. The number of likely N-dealkylation sites (N-methyl/N-ethyl adjacent to an activating group) is 1. The third-order valence-corrected chi connectivity index (χ3v) is 2.44. The predicted molar refractivity (Wildman–Crippen MR) is 61.7 cm³/mol. The van der Waals surface area contributed by atoms with Gasteiger partial charge in [-0.05, 0) is 19.2 Å². The first kappa shape index (κ1) is 12.2. The Hall–Kier alpha value is -2.28. The third kappa shape index (κ3) is 2.35. The van der Waals surface area contributed by atoms with Crippen molar-refractivity contribution in [2.45, 2.75) is 6.04 Å². The van der Waals surface area contributed by atoms with Crippen LogP contribution in [-0.4, -0.2) is 36.9 Å². The minimum atomic E-state index is -1.30. The number of fused-ring (bicyclic) bond motifs is 1. The van der Waals surface area contributed by atoms with Gasteiger partial charge >= 0.3 is 5.97 Å². The van der Waals surface area contributed by atoms with Crippen molar-refractivity contribution in [1.29, 1.82) is 0 Å². The van der Waals surface area contributed by atoms with Crippen molar-refractivity contribution < 1.29 is 24.2 Å². The molecule has 0 spiro atoms. The maximum Gasteiger partial charge on any atom is 0.330 e. The summed E-state index contributed by atoms with van der Waals surface area (Å²) in [5.41, 5.74) is 0.450. The molecule has 0 aliphatic carbocycles. The van der Waals surface area contributed by atoms with Gasteiger partial charge in [-0.1, -0.05) is 0 Å². The number of hydrogen-bond donors (Lipinski definition) is 3. The number of carbonyl (C=O) groups excluding carboxylic acids is 1. The first-order valence-corrected chi connectivity index (χ1v) is 5.22. The van der Waals surface area contributed by atoms with Crippen LogP contribution >= 0.6 is 0 Å². The summed E-state index contributed by atoms with van der Waals surface area (Å²) in [5, 5.41) is 13.7. The van der Waals surface area contributed by atoms with E-state index in [9.17, 15) is 9.59 Å². The number of carboxylic acids is 1. The van der Waals surface area contributed by atoms with Crippen molar-refractivity contribution in [2.75, 3.05) is 19.2 Å². The molecule has 0 saturated heterocycles. The van der Waals surface area contributed by atoms with Crippen molar-refractivity contribution in [3.8, 4) is 11.5 Å². The van der Waals surface area contributed by atoms with Crippen LogP contribution < -0.4 is 20.1 Å². The van der Waals surface area contributed by atoms with E-state index in [2.05, 4.69) is 10.6 Å². The minimum absolute atomic E-state index is 0.140. The zero-order chi connectivity index (χ0) is 13.1. The molecule has 96 valence electrons. The predicted octanol–water partition coefficient (Wildman–Crippen LogP) is 0.0264. The lowest BCUT2D eigenvalue weighted by atomic mass is 10.2. The summed E-state index contributed by atoms with van der Waals surface area (Å²) >= 11 is 0. The molecule has 7 heteroatoms. The number of aliphatic carboxylic acids is 1. The molecule has 3 N–H and O–H groups in total. The first-order chi connectivity index (χ1) is 8.61. The molecular weight excluding hydrogens is 240 g/mol. The second-order valence-electron chi connectivity index (χ2n) is 3.62. The molecule has 1 atom stereocenters. The van der Waals surface area contributed by atoms with Crippen LogP contribution in [0.15, 0.2) is 18.2 Å². The summed E-state index contributed by atoms with van der Waals surface area (Å²) in [6.07, 6.45) is 0. The molecule has 1 aromatic rings. The van der Waals surface area contributed by atoms with Crippen LogP contribution in [-0.2, 0) is 9.59 Å². The molecule has 1 heterocycles. The number of benzene rings is 1. The van der Waals surface area contributed by atoms with Crippen LogP contribution in [0.25, 0.3) is 0 Å². The van der Waals surface area contributed by atoms with E-state index in [0.29, 0.717) is 17.2 Å². The molecule has 0 fully saturated rings. The minimum Gasteiger partial charge on any atom is -0.480 e. The molecule has 0 radical (unpaired) electrons. The van der Waals surface area contributed by atoms with Crippen LogP contribution in [0.4, 0.5) is 5.69 Å². The van der Waals surface area contributed by atoms with Gasteiger partial charge in [0.25, 0.3) is 5.91 Å². The van der Waals surface area contributed by atoms with Gasteiger partial charge in [-0.25, -0.2) is 4.79 Å². The van der Waals surface area contributed by atoms with E-state index in [1.807, 2.05) is 0 Å². The fourth-order valence-corrected chi connectivity index (χ4v) is 1.56. The van der Waals surface area contributed by atoms with E-state index < -0.39 is 17.9 Å². The number of anilines is 1. The van der Waals surface area contributed by atoms with Gasteiger partial charge in [0, 0.05) is 11.8 Å². The summed E-state index contributed by atoms with van der Waals surface area (Å²) < 4.78 is 10.3. The second-order valence-corrected chi connectivity index (χ2v) is 3.62. The zero-order valence-electron chi connectivity index (χ0n) is 9.60. The Morgan fingerprint density at radius 3 is 2.72 bits per heavy atom. The Morgan fingerprint density at radius 2 is 2.06 bits per heavy atom. The Labute approximate surface area is 103 Å². The number of nitrogens with one attached hydrogen (secondary N) is 2. The highest BCUT2D eigenvalue weighted by atomic mass is 16.7. The SMILES string of the molecule is CNC(C(=O)O)C(=O)Nc1ccc2c(c1)OCO2. The van der Waals surface area contributed by atoms with Crippen LogP contribution in [0.5, 0.6) is 11.5 Å². The van der Waals surface area contributed by atoms with Crippen LogP contribution in [0.1, 0.15) is 0 Å². The fraction of sp³-hybridized carbons (Fsp3) is 0.273. The smallest absolute Gasteiger partial charge is 0.330 e. The van der Waals surface area contributed by atoms with Gasteiger partial charge in [-0.2, -0.15) is 0 Å². The van der Waals surface area contributed by atoms with E-state index >= 15 is 0 Å². The fourth-order valence-electron chi connectivity index (χ4n) is 1.56. The van der Waals surface area contributed by atoms with Gasteiger partial charge < -0.3 is 19.9 Å². The lowest BCUT2D eigenvalue weighted by molar-refractivity contribution is -0.142. The van der Waals surface area contributed by atoms with Gasteiger partial charge in [-0.15, -0.1) is 0 Å². The van der Waals surface area contributed by atoms with Gasteiger partial charge in [0.15, 0.2) is 17.5 Å². The van der Waals surface area contributed by atoms with Crippen LogP contribution in [0, 0.1) is 0 Å². The van der Waals surface area contributed by atoms with Gasteiger partial charge in [0.1, 0.15) is 0 Å². The number of carbonyl (C=O) groups is 2. The number of carboxylic acid groups (broad SMARTS) is 1. The number of ether oxygens (including phenoxy) is 2. The molecule has 0 saturated carbocycles. The summed E-state index contributed by atoms with van der Waals surface area (Å²) in [7, 11) is 1.40. The summed E-state index contributed by atoms with van der Waals surface area (Å²) in [6, 6.07) is 3.54. The molecule has 7 nitrogen and oxygen atoms in total. The van der Waals surface area contributed by atoms with Crippen LogP contribution in [0.3, 0.4) is 0 Å². The molecule has 0 aromatic heterocycles. The number of amides is 1. The average Bonchev–Trinajstić information content (AvgIpc) is 2.76. The Balaban J connectivity index is 2.09. The monoisotopic (exact) mass is 252 g/mol. The number of hydrogen-bond acceptors (Lipinski definition) is 5. The highest BCUT2D eigenvalue weighted by molar-refractivity contribution is 6.07. The summed E-state index contributed by atoms with van der Waals surface area (Å²) in [6.45, 7) is 0.140. The molecule has 1 aliphatic rings. The highest BCUT2D eigenvalue weighted by Crippen LogP contribution is 2.34. The Morgan fingerprint density at radius 1 is 1.33 bits per heavy atom. The molecule has 2 rings (SSSR count). The largest absolute Gasteiger partial charge is 0.480 e. The zero-order valence-corrected chi connectivity index (χ0v) is 9.60. The second kappa shape index (κ2) is 4.92. The lowest BCUT2D eigenvalue weighted by Crippen LogP contribution is -2.44. The van der Waals surface area contributed by atoms with E-state index in [1.54, 1.807) is 18.2 Å². The van der Waals surface area contributed by atoms with E-state index in [-0.39, 0.29) is 6.79 Å². The molecule has 1 aromatic carbocycles. The van der Waals surface area contributed by atoms with E-state index in [1.165, 1.54) is 7.05 Å². The first-order valence-electron chi connectivity index (χ1n) is 5.22. The molecule has 0 bridgehead atoms. The third-order valence-electron chi connectivity index (χ3n) is 2.44. The van der Waals surface area contributed by atoms with Crippen molar-refractivity contribution in [3.63, 3.8) is 0 Å².